The van der Waals surface area contributed by atoms with Crippen molar-refractivity contribution >= 4 is 23.1 Å². The summed E-state index contributed by atoms with van der Waals surface area (Å²) in [5.74, 6) is 0.510. The second-order valence-corrected chi connectivity index (χ2v) is 7.26. The Morgan fingerprint density at radius 2 is 2.22 bits per heavy atom. The van der Waals surface area contributed by atoms with E-state index in [9.17, 15) is 9.59 Å². The van der Waals surface area contributed by atoms with Gasteiger partial charge in [0, 0.05) is 11.6 Å². The van der Waals surface area contributed by atoms with Crippen LogP contribution < -0.4 is 10.9 Å². The first-order valence-electron chi connectivity index (χ1n) is 8.86. The lowest BCUT2D eigenvalue weighted by atomic mass is 9.97. The van der Waals surface area contributed by atoms with Gasteiger partial charge >= 0.3 is 0 Å². The van der Waals surface area contributed by atoms with Crippen LogP contribution in [0, 0.1) is 0 Å². The number of hydrogen-bond acceptors (Lipinski definition) is 5. The van der Waals surface area contributed by atoms with Crippen LogP contribution in [0.15, 0.2) is 40.5 Å². The zero-order chi connectivity index (χ0) is 18.8. The highest BCUT2D eigenvalue weighted by Gasteiger charge is 2.19. The van der Waals surface area contributed by atoms with E-state index in [0.717, 1.165) is 41.8 Å². The Bertz CT molecular complexity index is 1060. The Labute approximate surface area is 159 Å². The summed E-state index contributed by atoms with van der Waals surface area (Å²) in [6.45, 7) is 1.77. The molecule has 8 heteroatoms. The SMILES string of the molecule is C/C=C\C(=O)Nc1cc(-c2cccs2)nn1-c1nc2c(c(=O)[nH]1)CCCC2. The van der Waals surface area contributed by atoms with Crippen molar-refractivity contribution in [1.82, 2.24) is 19.7 Å². The molecule has 7 nitrogen and oxygen atoms in total. The van der Waals surface area contributed by atoms with E-state index in [1.807, 2.05) is 17.5 Å². The standard InChI is InChI=1S/C19H19N5O2S/c1-2-6-17(25)21-16-11-14(15-9-5-10-27-15)23-24(16)19-20-13-8-4-3-7-12(13)18(26)22-19/h2,5-6,9-11H,3-4,7-8H2,1H3,(H,21,25)(H,20,22,26)/b6-2-. The molecule has 3 heterocycles. The maximum atomic E-state index is 12.5. The van der Waals surface area contributed by atoms with Gasteiger partial charge in [-0.3, -0.25) is 14.6 Å². The Balaban J connectivity index is 1.82. The van der Waals surface area contributed by atoms with Gasteiger partial charge in [-0.2, -0.15) is 9.78 Å². The summed E-state index contributed by atoms with van der Waals surface area (Å²) in [6.07, 6.45) is 6.66. The van der Waals surface area contributed by atoms with Gasteiger partial charge in [0.05, 0.1) is 10.6 Å². The summed E-state index contributed by atoms with van der Waals surface area (Å²) in [6, 6.07) is 5.68. The zero-order valence-corrected chi connectivity index (χ0v) is 15.7. The number of aromatic nitrogens is 4. The second kappa shape index (κ2) is 7.32. The number of thiophene rings is 1. The number of anilines is 1. The number of carbonyl (C=O) groups is 1. The molecule has 0 saturated carbocycles. The molecule has 0 spiro atoms. The molecule has 0 aromatic carbocycles. The van der Waals surface area contributed by atoms with Crippen LogP contribution in [0.4, 0.5) is 5.82 Å². The Hall–Kier alpha value is -3.00. The molecule has 0 atom stereocenters. The minimum Gasteiger partial charge on any atom is -0.307 e. The van der Waals surface area contributed by atoms with Gasteiger partial charge in [0.1, 0.15) is 11.5 Å². The van der Waals surface area contributed by atoms with Crippen molar-refractivity contribution in [2.24, 2.45) is 0 Å². The number of carbonyl (C=O) groups excluding carboxylic acids is 1. The summed E-state index contributed by atoms with van der Waals surface area (Å²) in [5, 5.41) is 9.35. The second-order valence-electron chi connectivity index (χ2n) is 6.32. The normalized spacial score (nSPS) is 13.7. The van der Waals surface area contributed by atoms with Crippen LogP contribution >= 0.6 is 11.3 Å². The number of aryl methyl sites for hydroxylation is 1. The van der Waals surface area contributed by atoms with Crippen LogP contribution in [0.1, 0.15) is 31.0 Å². The van der Waals surface area contributed by atoms with Crippen molar-refractivity contribution in [3.05, 3.63) is 57.3 Å². The van der Waals surface area contributed by atoms with Crippen LogP contribution in [0.3, 0.4) is 0 Å². The van der Waals surface area contributed by atoms with Gasteiger partial charge < -0.3 is 5.32 Å². The molecule has 1 amide bonds. The number of nitrogens with one attached hydrogen (secondary N) is 2. The summed E-state index contributed by atoms with van der Waals surface area (Å²) in [5.41, 5.74) is 2.16. The summed E-state index contributed by atoms with van der Waals surface area (Å²) in [4.78, 5) is 33.0. The van der Waals surface area contributed by atoms with E-state index in [2.05, 4.69) is 20.4 Å². The lowest BCUT2D eigenvalue weighted by molar-refractivity contribution is -0.111. The quantitative estimate of drug-likeness (QED) is 0.679. The third-order valence-electron chi connectivity index (χ3n) is 4.43. The zero-order valence-electron chi connectivity index (χ0n) is 14.9. The average molecular weight is 381 g/mol. The van der Waals surface area contributed by atoms with E-state index in [1.54, 1.807) is 30.4 Å². The average Bonchev–Trinajstić information content (AvgIpc) is 3.31. The van der Waals surface area contributed by atoms with E-state index in [4.69, 9.17) is 0 Å². The highest BCUT2D eigenvalue weighted by atomic mass is 32.1. The smallest absolute Gasteiger partial charge is 0.255 e. The Morgan fingerprint density at radius 3 is 3.00 bits per heavy atom. The third-order valence-corrected chi connectivity index (χ3v) is 5.32. The molecule has 1 aliphatic rings. The Morgan fingerprint density at radius 1 is 1.37 bits per heavy atom. The number of aromatic amines is 1. The van der Waals surface area contributed by atoms with Crippen molar-refractivity contribution in [3.8, 4) is 16.5 Å². The number of nitrogens with zero attached hydrogens (tertiary/aromatic N) is 3. The van der Waals surface area contributed by atoms with Crippen molar-refractivity contribution < 1.29 is 4.79 Å². The molecule has 1 aliphatic carbocycles. The largest absolute Gasteiger partial charge is 0.307 e. The van der Waals surface area contributed by atoms with Crippen molar-refractivity contribution in [3.63, 3.8) is 0 Å². The molecule has 0 radical (unpaired) electrons. The summed E-state index contributed by atoms with van der Waals surface area (Å²) in [7, 11) is 0. The number of H-pyrrole nitrogens is 1. The highest BCUT2D eigenvalue weighted by molar-refractivity contribution is 7.13. The molecule has 2 N–H and O–H groups in total. The molecule has 0 fully saturated rings. The minimum atomic E-state index is -0.267. The molecule has 0 aliphatic heterocycles. The molecule has 27 heavy (non-hydrogen) atoms. The topological polar surface area (TPSA) is 92.7 Å². The van der Waals surface area contributed by atoms with E-state index in [-0.39, 0.29) is 11.5 Å². The molecule has 4 rings (SSSR count). The van der Waals surface area contributed by atoms with E-state index in [1.165, 1.54) is 10.8 Å². The van der Waals surface area contributed by atoms with Crippen molar-refractivity contribution in [1.29, 1.82) is 0 Å². The third kappa shape index (κ3) is 3.48. The van der Waals surface area contributed by atoms with E-state index >= 15 is 0 Å². The van der Waals surface area contributed by atoms with E-state index < -0.39 is 0 Å². The van der Waals surface area contributed by atoms with Gasteiger partial charge in [-0.1, -0.05) is 12.1 Å². The fourth-order valence-electron chi connectivity index (χ4n) is 3.19. The Kier molecular flexibility index (Phi) is 4.72. The first-order valence-corrected chi connectivity index (χ1v) is 9.73. The monoisotopic (exact) mass is 381 g/mol. The fourth-order valence-corrected chi connectivity index (χ4v) is 3.87. The number of allylic oxidation sites excluding steroid dienone is 1. The molecule has 0 unspecified atom stereocenters. The number of rotatable bonds is 4. The van der Waals surface area contributed by atoms with Crippen LogP contribution in [0.25, 0.3) is 16.5 Å². The molecule has 3 aromatic heterocycles. The summed E-state index contributed by atoms with van der Waals surface area (Å²) < 4.78 is 1.49. The molecule has 0 saturated heterocycles. The lowest BCUT2D eigenvalue weighted by Crippen LogP contribution is -2.24. The van der Waals surface area contributed by atoms with Crippen LogP contribution in [-0.2, 0) is 17.6 Å². The fraction of sp³-hybridized carbons (Fsp3) is 0.263. The van der Waals surface area contributed by atoms with Gasteiger partial charge in [-0.25, -0.2) is 4.98 Å². The molecule has 138 valence electrons. The number of amides is 1. The van der Waals surface area contributed by atoms with Crippen molar-refractivity contribution in [2.75, 3.05) is 5.32 Å². The molecule has 3 aromatic rings. The van der Waals surface area contributed by atoms with E-state index in [0.29, 0.717) is 17.5 Å². The summed E-state index contributed by atoms with van der Waals surface area (Å²) >= 11 is 1.55. The predicted molar refractivity (Wildman–Crippen MR) is 105 cm³/mol. The first-order chi connectivity index (χ1) is 13.2. The van der Waals surface area contributed by atoms with Gasteiger partial charge in [-0.15, -0.1) is 11.3 Å². The minimum absolute atomic E-state index is 0.131. The number of fused-ring (bicyclic) bond motifs is 1. The predicted octanol–water partition coefficient (Wildman–Crippen LogP) is 3.08. The van der Waals surface area contributed by atoms with Crippen molar-refractivity contribution in [2.45, 2.75) is 32.6 Å². The first kappa shape index (κ1) is 17.4. The maximum absolute atomic E-state index is 12.5. The van der Waals surface area contributed by atoms with Crippen LogP contribution in [0.5, 0.6) is 0 Å². The molecular formula is C19H19N5O2S. The highest BCUT2D eigenvalue weighted by Crippen LogP contribution is 2.27. The van der Waals surface area contributed by atoms with Gasteiger partial charge in [0.25, 0.3) is 5.56 Å². The molecule has 0 bridgehead atoms. The van der Waals surface area contributed by atoms with Crippen LogP contribution in [0.2, 0.25) is 0 Å². The van der Waals surface area contributed by atoms with Gasteiger partial charge in [-0.05, 0) is 50.1 Å². The lowest BCUT2D eigenvalue weighted by Gasteiger charge is -2.15. The number of hydrogen-bond donors (Lipinski definition) is 2. The maximum Gasteiger partial charge on any atom is 0.255 e. The van der Waals surface area contributed by atoms with Gasteiger partial charge in [0.2, 0.25) is 11.9 Å². The van der Waals surface area contributed by atoms with Crippen LogP contribution in [-0.4, -0.2) is 25.7 Å². The molecular weight excluding hydrogens is 362 g/mol. The van der Waals surface area contributed by atoms with Gasteiger partial charge in [0.15, 0.2) is 0 Å².